The summed E-state index contributed by atoms with van der Waals surface area (Å²) in [6.07, 6.45) is 4.54. The second-order valence-corrected chi connectivity index (χ2v) is 6.41. The van der Waals surface area contributed by atoms with Crippen LogP contribution in [0.25, 0.3) is 0 Å². The van der Waals surface area contributed by atoms with Gasteiger partial charge in [-0.15, -0.1) is 0 Å². The van der Waals surface area contributed by atoms with Crippen molar-refractivity contribution in [2.24, 2.45) is 5.92 Å². The number of amides is 1. The van der Waals surface area contributed by atoms with Crippen LogP contribution < -0.4 is 5.32 Å². The summed E-state index contributed by atoms with van der Waals surface area (Å²) in [6.45, 7) is 0. The molecule has 0 aliphatic heterocycles. The van der Waals surface area contributed by atoms with Crippen LogP contribution >= 0.6 is 31.9 Å². The third-order valence-corrected chi connectivity index (χ3v) is 5.04. The molecule has 104 valence electrons. The summed E-state index contributed by atoms with van der Waals surface area (Å²) >= 11 is 6.61. The van der Waals surface area contributed by atoms with Crippen molar-refractivity contribution in [1.29, 1.82) is 0 Å². The van der Waals surface area contributed by atoms with Crippen molar-refractivity contribution >= 4 is 37.8 Å². The lowest BCUT2D eigenvalue weighted by Gasteiger charge is -2.31. The summed E-state index contributed by atoms with van der Waals surface area (Å²) in [6, 6.07) is 4.56. The molecule has 0 saturated heterocycles. The average molecular weight is 393 g/mol. The van der Waals surface area contributed by atoms with E-state index in [0.717, 1.165) is 24.6 Å². The van der Waals surface area contributed by atoms with Crippen LogP contribution in [0.2, 0.25) is 0 Å². The summed E-state index contributed by atoms with van der Waals surface area (Å²) in [5.74, 6) is 0.00712. The number of halogens is 3. The molecule has 1 aliphatic rings. The van der Waals surface area contributed by atoms with Gasteiger partial charge in [-0.25, -0.2) is 4.39 Å². The second-order valence-electron chi connectivity index (χ2n) is 4.91. The Morgan fingerprint density at radius 3 is 2.79 bits per heavy atom. The summed E-state index contributed by atoms with van der Waals surface area (Å²) in [4.78, 5) is 12.2. The lowest BCUT2D eigenvalue weighted by Crippen LogP contribution is -2.42. The molecule has 19 heavy (non-hydrogen) atoms. The predicted octanol–water partition coefficient (Wildman–Crippen LogP) is 4.27. The van der Waals surface area contributed by atoms with Crippen molar-refractivity contribution in [3.8, 4) is 0 Å². The van der Waals surface area contributed by atoms with Crippen LogP contribution in [0.1, 0.15) is 36.0 Å². The molecule has 1 aromatic rings. The van der Waals surface area contributed by atoms with Crippen LogP contribution in [0, 0.1) is 11.7 Å². The number of hydrogen-bond donors (Lipinski definition) is 1. The molecule has 0 radical (unpaired) electrons. The molecule has 1 aromatic carbocycles. The number of benzene rings is 1. The maximum Gasteiger partial charge on any atom is 0.251 e. The van der Waals surface area contributed by atoms with Gasteiger partial charge in [0, 0.05) is 16.9 Å². The predicted molar refractivity (Wildman–Crippen MR) is 81.1 cm³/mol. The number of carbonyl (C=O) groups is 1. The van der Waals surface area contributed by atoms with Gasteiger partial charge < -0.3 is 5.32 Å². The summed E-state index contributed by atoms with van der Waals surface area (Å²) in [7, 11) is 0. The molecule has 1 saturated carbocycles. The van der Waals surface area contributed by atoms with E-state index in [-0.39, 0.29) is 17.8 Å². The van der Waals surface area contributed by atoms with Crippen molar-refractivity contribution in [3.63, 3.8) is 0 Å². The molecule has 1 amide bonds. The van der Waals surface area contributed by atoms with E-state index in [4.69, 9.17) is 0 Å². The molecule has 2 rings (SSSR count). The SMILES string of the molecule is O=C(NC1CCCCC1CBr)c1ccc(F)c(Br)c1. The monoisotopic (exact) mass is 391 g/mol. The van der Waals surface area contributed by atoms with E-state index in [1.54, 1.807) is 0 Å². The van der Waals surface area contributed by atoms with Gasteiger partial charge in [0.05, 0.1) is 4.47 Å². The van der Waals surface area contributed by atoms with Gasteiger partial charge in [-0.2, -0.15) is 0 Å². The highest BCUT2D eigenvalue weighted by atomic mass is 79.9. The first-order valence-electron chi connectivity index (χ1n) is 6.43. The van der Waals surface area contributed by atoms with Gasteiger partial charge in [0.2, 0.25) is 0 Å². The zero-order valence-corrected chi connectivity index (χ0v) is 13.6. The molecule has 5 heteroatoms. The van der Waals surface area contributed by atoms with Crippen molar-refractivity contribution in [2.75, 3.05) is 5.33 Å². The Hall–Kier alpha value is -0.420. The lowest BCUT2D eigenvalue weighted by molar-refractivity contribution is 0.0911. The van der Waals surface area contributed by atoms with Crippen LogP contribution in [0.5, 0.6) is 0 Å². The highest BCUT2D eigenvalue weighted by molar-refractivity contribution is 9.10. The standard InChI is InChI=1S/C14H16Br2FNO/c15-8-10-3-1-2-4-13(10)18-14(19)9-5-6-12(17)11(16)7-9/h5-7,10,13H,1-4,8H2,(H,18,19). The fourth-order valence-electron chi connectivity index (χ4n) is 2.47. The Kier molecular flexibility index (Phi) is 5.39. The zero-order valence-electron chi connectivity index (χ0n) is 10.5. The largest absolute Gasteiger partial charge is 0.349 e. The number of rotatable bonds is 3. The smallest absolute Gasteiger partial charge is 0.251 e. The fourth-order valence-corrected chi connectivity index (χ4v) is 3.63. The quantitative estimate of drug-likeness (QED) is 0.764. The average Bonchev–Trinajstić information content (AvgIpc) is 2.42. The first-order chi connectivity index (χ1) is 9.11. The Balaban J connectivity index is 2.05. The van der Waals surface area contributed by atoms with Gasteiger partial charge in [0.15, 0.2) is 0 Å². The van der Waals surface area contributed by atoms with Crippen LogP contribution in [0.3, 0.4) is 0 Å². The second kappa shape index (κ2) is 6.84. The van der Waals surface area contributed by atoms with E-state index in [9.17, 15) is 9.18 Å². The molecule has 0 heterocycles. The maximum absolute atomic E-state index is 13.2. The van der Waals surface area contributed by atoms with Gasteiger partial charge >= 0.3 is 0 Å². The minimum absolute atomic E-state index is 0.126. The summed E-state index contributed by atoms with van der Waals surface area (Å²) in [5, 5.41) is 3.98. The minimum atomic E-state index is -0.354. The van der Waals surface area contributed by atoms with Gasteiger partial charge in [0.1, 0.15) is 5.82 Å². The zero-order chi connectivity index (χ0) is 13.8. The number of nitrogens with one attached hydrogen (secondary N) is 1. The topological polar surface area (TPSA) is 29.1 Å². The molecule has 2 nitrogen and oxygen atoms in total. The van der Waals surface area contributed by atoms with Crippen LogP contribution in [0.15, 0.2) is 22.7 Å². The minimum Gasteiger partial charge on any atom is -0.349 e. The summed E-state index contributed by atoms with van der Waals surface area (Å²) < 4.78 is 13.5. The molecule has 0 aromatic heterocycles. The fraction of sp³-hybridized carbons (Fsp3) is 0.500. The Labute approximate surface area is 129 Å². The van der Waals surface area contributed by atoms with Crippen LogP contribution in [-0.2, 0) is 0 Å². The molecule has 1 aliphatic carbocycles. The Bertz CT molecular complexity index is 467. The highest BCUT2D eigenvalue weighted by Crippen LogP contribution is 2.26. The van der Waals surface area contributed by atoms with Gasteiger partial charge in [-0.1, -0.05) is 28.8 Å². The van der Waals surface area contributed by atoms with Crippen molar-refractivity contribution in [1.82, 2.24) is 5.32 Å². The number of hydrogen-bond acceptors (Lipinski definition) is 1. The third-order valence-electron chi connectivity index (χ3n) is 3.61. The molecule has 0 spiro atoms. The first kappa shape index (κ1) is 15.0. The molecule has 2 atom stereocenters. The molecule has 1 fully saturated rings. The van der Waals surface area contributed by atoms with E-state index in [0.29, 0.717) is 16.0 Å². The van der Waals surface area contributed by atoms with Crippen molar-refractivity contribution in [2.45, 2.75) is 31.7 Å². The van der Waals surface area contributed by atoms with E-state index in [1.807, 2.05) is 0 Å². The van der Waals surface area contributed by atoms with Crippen molar-refractivity contribution in [3.05, 3.63) is 34.1 Å². The maximum atomic E-state index is 13.2. The van der Waals surface area contributed by atoms with Crippen LogP contribution in [0.4, 0.5) is 4.39 Å². The molecule has 0 bridgehead atoms. The third kappa shape index (κ3) is 3.78. The van der Waals surface area contributed by atoms with Crippen LogP contribution in [-0.4, -0.2) is 17.3 Å². The Morgan fingerprint density at radius 1 is 1.37 bits per heavy atom. The van der Waals surface area contributed by atoms with E-state index < -0.39 is 0 Å². The molecular weight excluding hydrogens is 377 g/mol. The van der Waals surface area contributed by atoms with Crippen molar-refractivity contribution < 1.29 is 9.18 Å². The van der Waals surface area contributed by atoms with E-state index in [2.05, 4.69) is 37.2 Å². The van der Waals surface area contributed by atoms with E-state index in [1.165, 1.54) is 24.6 Å². The first-order valence-corrected chi connectivity index (χ1v) is 8.35. The normalized spacial score (nSPS) is 23.1. The molecule has 2 unspecified atom stereocenters. The van der Waals surface area contributed by atoms with Gasteiger partial charge in [0.25, 0.3) is 5.91 Å². The summed E-state index contributed by atoms with van der Waals surface area (Å²) in [5.41, 5.74) is 0.493. The van der Waals surface area contributed by atoms with Gasteiger partial charge in [-0.3, -0.25) is 4.79 Å². The highest BCUT2D eigenvalue weighted by Gasteiger charge is 2.25. The molecular formula is C14H16Br2FNO. The number of alkyl halides is 1. The lowest BCUT2D eigenvalue weighted by atomic mass is 9.86. The molecule has 1 N–H and O–H groups in total. The van der Waals surface area contributed by atoms with Gasteiger partial charge in [-0.05, 0) is 52.9 Å². The number of carbonyl (C=O) groups excluding carboxylic acids is 1. The Morgan fingerprint density at radius 2 is 2.11 bits per heavy atom. The van der Waals surface area contributed by atoms with E-state index >= 15 is 0 Å².